The lowest BCUT2D eigenvalue weighted by Crippen LogP contribution is -2.33. The lowest BCUT2D eigenvalue weighted by molar-refractivity contribution is -0.125. The molecule has 1 aliphatic rings. The van der Waals surface area contributed by atoms with Crippen molar-refractivity contribution in [3.8, 4) is 0 Å². The van der Waals surface area contributed by atoms with E-state index in [1.807, 2.05) is 12.1 Å². The first-order valence-electron chi connectivity index (χ1n) is 7.08. The highest BCUT2D eigenvalue weighted by Crippen LogP contribution is 2.25. The Morgan fingerprint density at radius 3 is 2.68 bits per heavy atom. The molecule has 0 radical (unpaired) electrons. The molecule has 0 aliphatic heterocycles. The van der Waals surface area contributed by atoms with Crippen molar-refractivity contribution in [1.29, 1.82) is 0 Å². The maximum atomic E-state index is 12.0. The molecule has 1 N–H and O–H groups in total. The Morgan fingerprint density at radius 2 is 2.05 bits per heavy atom. The third-order valence-corrected chi connectivity index (χ3v) is 4.01. The SMILES string of the molecule is COC(CNC(=O)C1CCCC1)c1ccccc1C. The van der Waals surface area contributed by atoms with Crippen LogP contribution in [0.2, 0.25) is 0 Å². The number of rotatable bonds is 5. The van der Waals surface area contributed by atoms with E-state index in [1.54, 1.807) is 7.11 Å². The van der Waals surface area contributed by atoms with Crippen LogP contribution in [0.25, 0.3) is 0 Å². The second-order valence-corrected chi connectivity index (χ2v) is 5.31. The van der Waals surface area contributed by atoms with Crippen LogP contribution in [0.3, 0.4) is 0 Å². The van der Waals surface area contributed by atoms with Crippen molar-refractivity contribution in [3.63, 3.8) is 0 Å². The van der Waals surface area contributed by atoms with E-state index >= 15 is 0 Å². The smallest absolute Gasteiger partial charge is 0.223 e. The Labute approximate surface area is 115 Å². The Bertz CT molecular complexity index is 425. The second-order valence-electron chi connectivity index (χ2n) is 5.31. The van der Waals surface area contributed by atoms with Gasteiger partial charge in [0.1, 0.15) is 0 Å². The number of carbonyl (C=O) groups excluding carboxylic acids is 1. The van der Waals surface area contributed by atoms with Crippen LogP contribution in [0.5, 0.6) is 0 Å². The molecule has 2 rings (SSSR count). The average Bonchev–Trinajstić information content (AvgIpc) is 2.95. The van der Waals surface area contributed by atoms with Gasteiger partial charge in [0.25, 0.3) is 0 Å². The Balaban J connectivity index is 1.92. The molecular formula is C16H23NO2. The number of nitrogens with one attached hydrogen (secondary N) is 1. The van der Waals surface area contributed by atoms with Crippen LogP contribution in [-0.2, 0) is 9.53 Å². The number of methoxy groups -OCH3 is 1. The topological polar surface area (TPSA) is 38.3 Å². The largest absolute Gasteiger partial charge is 0.375 e. The minimum Gasteiger partial charge on any atom is -0.375 e. The number of hydrogen-bond acceptors (Lipinski definition) is 2. The number of ether oxygens (including phenoxy) is 1. The van der Waals surface area contributed by atoms with Crippen molar-refractivity contribution in [3.05, 3.63) is 35.4 Å². The molecule has 0 bridgehead atoms. The quantitative estimate of drug-likeness (QED) is 0.885. The average molecular weight is 261 g/mol. The lowest BCUT2D eigenvalue weighted by Gasteiger charge is -2.19. The molecular weight excluding hydrogens is 238 g/mol. The predicted molar refractivity (Wildman–Crippen MR) is 75.9 cm³/mol. The molecule has 104 valence electrons. The van der Waals surface area contributed by atoms with E-state index in [9.17, 15) is 4.79 Å². The summed E-state index contributed by atoms with van der Waals surface area (Å²) < 4.78 is 5.52. The zero-order chi connectivity index (χ0) is 13.7. The monoisotopic (exact) mass is 261 g/mol. The van der Waals surface area contributed by atoms with Gasteiger partial charge < -0.3 is 10.1 Å². The van der Waals surface area contributed by atoms with Gasteiger partial charge >= 0.3 is 0 Å². The van der Waals surface area contributed by atoms with Gasteiger partial charge in [-0.25, -0.2) is 0 Å². The molecule has 1 aromatic rings. The number of aryl methyl sites for hydroxylation is 1. The highest BCUT2D eigenvalue weighted by Gasteiger charge is 2.23. The van der Waals surface area contributed by atoms with E-state index in [-0.39, 0.29) is 17.9 Å². The zero-order valence-electron chi connectivity index (χ0n) is 11.8. The number of benzene rings is 1. The molecule has 0 saturated heterocycles. The van der Waals surface area contributed by atoms with Gasteiger partial charge in [-0.2, -0.15) is 0 Å². The van der Waals surface area contributed by atoms with Crippen LogP contribution in [-0.4, -0.2) is 19.6 Å². The lowest BCUT2D eigenvalue weighted by atomic mass is 10.0. The molecule has 1 amide bonds. The molecule has 19 heavy (non-hydrogen) atoms. The van der Waals surface area contributed by atoms with E-state index in [0.717, 1.165) is 18.4 Å². The Morgan fingerprint density at radius 1 is 1.37 bits per heavy atom. The van der Waals surface area contributed by atoms with Crippen molar-refractivity contribution in [2.75, 3.05) is 13.7 Å². The predicted octanol–water partition coefficient (Wildman–Crippen LogP) is 2.99. The van der Waals surface area contributed by atoms with Crippen molar-refractivity contribution in [2.45, 2.75) is 38.7 Å². The first kappa shape index (κ1) is 14.1. The summed E-state index contributed by atoms with van der Waals surface area (Å²) in [6.07, 6.45) is 4.38. The van der Waals surface area contributed by atoms with Crippen molar-refractivity contribution in [1.82, 2.24) is 5.32 Å². The summed E-state index contributed by atoms with van der Waals surface area (Å²) in [6, 6.07) is 8.15. The van der Waals surface area contributed by atoms with Gasteiger partial charge in [-0.3, -0.25) is 4.79 Å². The van der Waals surface area contributed by atoms with Gasteiger partial charge in [0.15, 0.2) is 0 Å². The number of carbonyl (C=O) groups is 1. The van der Waals surface area contributed by atoms with Gasteiger partial charge in [0.2, 0.25) is 5.91 Å². The molecule has 1 aliphatic carbocycles. The summed E-state index contributed by atoms with van der Waals surface area (Å²) in [5, 5.41) is 3.04. The molecule has 1 unspecified atom stereocenters. The molecule has 1 saturated carbocycles. The summed E-state index contributed by atoms with van der Waals surface area (Å²) in [5.41, 5.74) is 2.35. The second kappa shape index (κ2) is 6.71. The molecule has 1 aromatic carbocycles. The van der Waals surface area contributed by atoms with Crippen LogP contribution in [0, 0.1) is 12.8 Å². The summed E-state index contributed by atoms with van der Waals surface area (Å²) in [6.45, 7) is 2.62. The van der Waals surface area contributed by atoms with E-state index < -0.39 is 0 Å². The summed E-state index contributed by atoms with van der Waals surface area (Å²) >= 11 is 0. The molecule has 3 nitrogen and oxygen atoms in total. The van der Waals surface area contributed by atoms with Crippen LogP contribution in [0.1, 0.15) is 42.9 Å². The van der Waals surface area contributed by atoms with Crippen molar-refractivity contribution in [2.24, 2.45) is 5.92 Å². The summed E-state index contributed by atoms with van der Waals surface area (Å²) in [4.78, 5) is 12.0. The third-order valence-electron chi connectivity index (χ3n) is 4.01. The van der Waals surface area contributed by atoms with Crippen LogP contribution in [0.4, 0.5) is 0 Å². The molecule has 3 heteroatoms. The molecule has 1 atom stereocenters. The minimum absolute atomic E-state index is 0.0634. The van der Waals surface area contributed by atoms with Gasteiger partial charge in [0.05, 0.1) is 6.10 Å². The Hall–Kier alpha value is -1.35. The van der Waals surface area contributed by atoms with E-state index in [2.05, 4.69) is 24.4 Å². The molecule has 1 fully saturated rings. The van der Waals surface area contributed by atoms with Gasteiger partial charge in [-0.1, -0.05) is 37.1 Å². The minimum atomic E-state index is -0.0634. The van der Waals surface area contributed by atoms with Crippen molar-refractivity contribution >= 4 is 5.91 Å². The number of hydrogen-bond donors (Lipinski definition) is 1. The molecule has 0 aromatic heterocycles. The maximum absolute atomic E-state index is 12.0. The molecule has 0 spiro atoms. The van der Waals surface area contributed by atoms with Gasteiger partial charge in [-0.15, -0.1) is 0 Å². The Kier molecular flexibility index (Phi) is 4.97. The zero-order valence-corrected chi connectivity index (χ0v) is 11.8. The normalized spacial score (nSPS) is 17.4. The summed E-state index contributed by atoms with van der Waals surface area (Å²) in [5.74, 6) is 0.405. The number of amides is 1. The molecule has 0 heterocycles. The highest BCUT2D eigenvalue weighted by atomic mass is 16.5. The van der Waals surface area contributed by atoms with Crippen LogP contribution >= 0.6 is 0 Å². The van der Waals surface area contributed by atoms with Crippen molar-refractivity contribution < 1.29 is 9.53 Å². The van der Waals surface area contributed by atoms with Crippen LogP contribution in [0.15, 0.2) is 24.3 Å². The fourth-order valence-corrected chi connectivity index (χ4v) is 2.79. The summed E-state index contributed by atoms with van der Waals surface area (Å²) in [7, 11) is 1.69. The maximum Gasteiger partial charge on any atom is 0.223 e. The van der Waals surface area contributed by atoms with Gasteiger partial charge in [0, 0.05) is 19.6 Å². The fraction of sp³-hybridized carbons (Fsp3) is 0.562. The first-order valence-corrected chi connectivity index (χ1v) is 7.08. The standard InChI is InChI=1S/C16H23NO2/c1-12-7-3-6-10-14(12)15(19-2)11-17-16(18)13-8-4-5-9-13/h3,6-7,10,13,15H,4-5,8-9,11H2,1-2H3,(H,17,18). The van der Waals surface area contributed by atoms with E-state index in [0.29, 0.717) is 6.54 Å². The highest BCUT2D eigenvalue weighted by molar-refractivity contribution is 5.78. The third kappa shape index (κ3) is 3.57. The fourth-order valence-electron chi connectivity index (χ4n) is 2.79. The van der Waals surface area contributed by atoms with Gasteiger partial charge in [-0.05, 0) is 30.9 Å². The van der Waals surface area contributed by atoms with E-state index in [1.165, 1.54) is 18.4 Å². The van der Waals surface area contributed by atoms with E-state index in [4.69, 9.17) is 4.74 Å². The van der Waals surface area contributed by atoms with Crippen LogP contribution < -0.4 is 5.32 Å². The first-order chi connectivity index (χ1) is 9.22.